The maximum Gasteiger partial charge on any atom is 0.143 e. The number of alkyl halides is 1. The minimum Gasteiger partial charge on any atom is -0.366 e. The van der Waals surface area contributed by atoms with Gasteiger partial charge in [-0.25, -0.2) is 4.39 Å². The standard InChI is InChI=1S/C17H32FNO/c1-7-13(6)15-11-20-17(14(15)8-2)16(18)10-19(9-3)12(4)5/h12-13,16-17H,7-11H2,1-6H3. The van der Waals surface area contributed by atoms with Crippen molar-refractivity contribution in [1.82, 2.24) is 4.90 Å². The lowest BCUT2D eigenvalue weighted by atomic mass is 9.91. The van der Waals surface area contributed by atoms with Crippen LogP contribution in [0, 0.1) is 5.92 Å². The first-order valence-corrected chi connectivity index (χ1v) is 8.17. The highest BCUT2D eigenvalue weighted by atomic mass is 19.1. The molecule has 0 N–H and O–H groups in total. The van der Waals surface area contributed by atoms with Gasteiger partial charge in [-0.2, -0.15) is 0 Å². The minimum absolute atomic E-state index is 0.322. The predicted molar refractivity (Wildman–Crippen MR) is 83.8 cm³/mol. The molecule has 2 nitrogen and oxygen atoms in total. The number of ether oxygens (including phenoxy) is 1. The summed E-state index contributed by atoms with van der Waals surface area (Å²) in [4.78, 5) is 2.17. The third-order valence-corrected chi connectivity index (χ3v) is 4.64. The van der Waals surface area contributed by atoms with E-state index < -0.39 is 6.17 Å². The molecule has 118 valence electrons. The van der Waals surface area contributed by atoms with E-state index in [0.29, 0.717) is 25.1 Å². The third kappa shape index (κ3) is 4.05. The van der Waals surface area contributed by atoms with Crippen LogP contribution in [0.4, 0.5) is 4.39 Å². The molecule has 0 aromatic heterocycles. The van der Waals surface area contributed by atoms with Gasteiger partial charge in [0.2, 0.25) is 0 Å². The van der Waals surface area contributed by atoms with Crippen LogP contribution in [0.3, 0.4) is 0 Å². The van der Waals surface area contributed by atoms with Gasteiger partial charge in [-0.1, -0.05) is 27.7 Å². The molecule has 0 bridgehead atoms. The molecular weight excluding hydrogens is 253 g/mol. The summed E-state index contributed by atoms with van der Waals surface area (Å²) < 4.78 is 20.5. The smallest absolute Gasteiger partial charge is 0.143 e. The van der Waals surface area contributed by atoms with E-state index in [1.54, 1.807) is 0 Å². The largest absolute Gasteiger partial charge is 0.366 e. The zero-order valence-corrected chi connectivity index (χ0v) is 14.1. The molecule has 3 atom stereocenters. The third-order valence-electron chi connectivity index (χ3n) is 4.64. The first kappa shape index (κ1) is 17.6. The van der Waals surface area contributed by atoms with Gasteiger partial charge in [0, 0.05) is 12.6 Å². The summed E-state index contributed by atoms with van der Waals surface area (Å²) in [5.74, 6) is 0.509. The Morgan fingerprint density at radius 3 is 2.35 bits per heavy atom. The van der Waals surface area contributed by atoms with Gasteiger partial charge in [0.1, 0.15) is 12.3 Å². The molecule has 0 aromatic carbocycles. The zero-order chi connectivity index (χ0) is 15.3. The first-order valence-electron chi connectivity index (χ1n) is 8.17. The van der Waals surface area contributed by atoms with Gasteiger partial charge in [0.25, 0.3) is 0 Å². The molecule has 0 fully saturated rings. The molecule has 1 rings (SSSR count). The molecule has 0 aliphatic carbocycles. The monoisotopic (exact) mass is 285 g/mol. The fraction of sp³-hybridized carbons (Fsp3) is 0.882. The van der Waals surface area contributed by atoms with Crippen LogP contribution < -0.4 is 0 Å². The van der Waals surface area contributed by atoms with E-state index in [2.05, 4.69) is 46.4 Å². The Balaban J connectivity index is 2.78. The Morgan fingerprint density at radius 2 is 1.90 bits per heavy atom. The van der Waals surface area contributed by atoms with E-state index in [1.165, 1.54) is 11.1 Å². The molecule has 1 aliphatic rings. The molecule has 3 unspecified atom stereocenters. The SMILES string of the molecule is CCC1=C(C(C)CC)COC1C(F)CN(CC)C(C)C. The Morgan fingerprint density at radius 1 is 1.25 bits per heavy atom. The summed E-state index contributed by atoms with van der Waals surface area (Å²) >= 11 is 0. The molecule has 0 radical (unpaired) electrons. The Kier molecular flexibility index (Phi) is 7.18. The van der Waals surface area contributed by atoms with E-state index in [4.69, 9.17) is 4.74 Å². The van der Waals surface area contributed by atoms with Gasteiger partial charge in [0.15, 0.2) is 0 Å². The number of hydrogen-bond donors (Lipinski definition) is 0. The Hall–Kier alpha value is -0.410. The normalized spacial score (nSPS) is 22.9. The van der Waals surface area contributed by atoms with E-state index in [1.807, 2.05) is 0 Å². The van der Waals surface area contributed by atoms with Gasteiger partial charge in [-0.05, 0) is 50.3 Å². The molecule has 0 aromatic rings. The average molecular weight is 285 g/mol. The van der Waals surface area contributed by atoms with Crippen LogP contribution in [0.5, 0.6) is 0 Å². The van der Waals surface area contributed by atoms with Crippen molar-refractivity contribution in [3.8, 4) is 0 Å². The van der Waals surface area contributed by atoms with Crippen molar-refractivity contribution in [3.05, 3.63) is 11.1 Å². The average Bonchev–Trinajstić information content (AvgIpc) is 2.86. The number of rotatable bonds is 8. The highest BCUT2D eigenvalue weighted by molar-refractivity contribution is 5.26. The van der Waals surface area contributed by atoms with Crippen LogP contribution in [-0.2, 0) is 4.74 Å². The fourth-order valence-corrected chi connectivity index (χ4v) is 3.04. The predicted octanol–water partition coefficient (Wildman–Crippen LogP) is 4.21. The number of halogens is 1. The first-order chi connectivity index (χ1) is 9.46. The molecule has 0 spiro atoms. The van der Waals surface area contributed by atoms with Crippen LogP contribution >= 0.6 is 0 Å². The summed E-state index contributed by atoms with van der Waals surface area (Å²) in [6, 6.07) is 0.378. The van der Waals surface area contributed by atoms with Crippen molar-refractivity contribution in [3.63, 3.8) is 0 Å². The highest BCUT2D eigenvalue weighted by Crippen LogP contribution is 2.33. The van der Waals surface area contributed by atoms with Gasteiger partial charge in [-0.15, -0.1) is 0 Å². The van der Waals surface area contributed by atoms with Crippen molar-refractivity contribution in [2.75, 3.05) is 19.7 Å². The summed E-state index contributed by atoms with van der Waals surface area (Å²) in [5.41, 5.74) is 2.56. The van der Waals surface area contributed by atoms with Crippen molar-refractivity contribution in [2.24, 2.45) is 5.92 Å². The Labute approximate surface area is 124 Å². The molecule has 20 heavy (non-hydrogen) atoms. The van der Waals surface area contributed by atoms with Crippen LogP contribution in [0.1, 0.15) is 54.4 Å². The van der Waals surface area contributed by atoms with Crippen LogP contribution in [0.25, 0.3) is 0 Å². The van der Waals surface area contributed by atoms with Crippen LogP contribution in [0.2, 0.25) is 0 Å². The lowest BCUT2D eigenvalue weighted by Crippen LogP contribution is -2.40. The second kappa shape index (κ2) is 8.14. The fourth-order valence-electron chi connectivity index (χ4n) is 3.04. The second-order valence-corrected chi connectivity index (χ2v) is 6.14. The topological polar surface area (TPSA) is 12.5 Å². The van der Waals surface area contributed by atoms with Crippen molar-refractivity contribution < 1.29 is 9.13 Å². The summed E-state index contributed by atoms with van der Waals surface area (Å²) in [6.07, 6.45) is 0.753. The number of nitrogens with zero attached hydrogens (tertiary/aromatic N) is 1. The molecule has 0 saturated heterocycles. The van der Waals surface area contributed by atoms with Gasteiger partial charge >= 0.3 is 0 Å². The lowest BCUT2D eigenvalue weighted by molar-refractivity contribution is 0.0282. The minimum atomic E-state index is -0.922. The van der Waals surface area contributed by atoms with E-state index in [9.17, 15) is 4.39 Å². The van der Waals surface area contributed by atoms with Crippen molar-refractivity contribution in [1.29, 1.82) is 0 Å². The van der Waals surface area contributed by atoms with Crippen LogP contribution in [-0.4, -0.2) is 42.9 Å². The zero-order valence-electron chi connectivity index (χ0n) is 14.1. The summed E-state index contributed by atoms with van der Waals surface area (Å²) in [5, 5.41) is 0. The van der Waals surface area contributed by atoms with Crippen molar-refractivity contribution >= 4 is 0 Å². The van der Waals surface area contributed by atoms with E-state index >= 15 is 0 Å². The maximum absolute atomic E-state index is 14.7. The Bertz CT molecular complexity index is 327. The molecule has 3 heteroatoms. The van der Waals surface area contributed by atoms with Gasteiger partial charge < -0.3 is 4.74 Å². The molecule has 0 saturated carbocycles. The van der Waals surface area contributed by atoms with Crippen LogP contribution in [0.15, 0.2) is 11.1 Å². The summed E-state index contributed by atoms with van der Waals surface area (Å²) in [7, 11) is 0. The van der Waals surface area contributed by atoms with E-state index in [0.717, 1.165) is 19.4 Å². The number of hydrogen-bond acceptors (Lipinski definition) is 2. The molecule has 1 heterocycles. The summed E-state index contributed by atoms with van der Waals surface area (Å²) in [6.45, 7) is 14.8. The maximum atomic E-state index is 14.7. The van der Waals surface area contributed by atoms with Gasteiger partial charge in [-0.3, -0.25) is 4.90 Å². The lowest BCUT2D eigenvalue weighted by Gasteiger charge is -2.29. The molecular formula is C17H32FNO. The van der Waals surface area contributed by atoms with E-state index in [-0.39, 0.29) is 6.10 Å². The highest BCUT2D eigenvalue weighted by Gasteiger charge is 2.34. The van der Waals surface area contributed by atoms with Crippen molar-refractivity contribution in [2.45, 2.75) is 72.7 Å². The molecule has 1 aliphatic heterocycles. The second-order valence-electron chi connectivity index (χ2n) is 6.14. The quantitative estimate of drug-likeness (QED) is 0.620. The van der Waals surface area contributed by atoms with Gasteiger partial charge in [0.05, 0.1) is 6.61 Å². The molecule has 0 amide bonds.